The molecule has 0 saturated carbocycles. The predicted molar refractivity (Wildman–Crippen MR) is 60.1 cm³/mol. The number of nitro groups is 1. The zero-order valence-corrected chi connectivity index (χ0v) is 9.38. The molecular formula is C11H11NO5. The van der Waals surface area contributed by atoms with Gasteiger partial charge in [0.15, 0.2) is 0 Å². The zero-order valence-electron chi connectivity index (χ0n) is 9.38. The molecule has 0 unspecified atom stereocenters. The summed E-state index contributed by atoms with van der Waals surface area (Å²) in [7, 11) is 2.54. The predicted octanol–water partition coefficient (Wildman–Crippen LogP) is 1.76. The first-order chi connectivity index (χ1) is 8.08. The molecule has 0 saturated heterocycles. The first-order valence-corrected chi connectivity index (χ1v) is 4.67. The highest BCUT2D eigenvalue weighted by molar-refractivity contribution is 5.91. The van der Waals surface area contributed by atoms with Crippen LogP contribution in [-0.4, -0.2) is 25.1 Å². The van der Waals surface area contributed by atoms with Gasteiger partial charge in [-0.1, -0.05) is 12.1 Å². The Balaban J connectivity index is 3.07. The van der Waals surface area contributed by atoms with Crippen molar-refractivity contribution in [1.29, 1.82) is 0 Å². The molecule has 0 aliphatic rings. The van der Waals surface area contributed by atoms with Gasteiger partial charge in [0.25, 0.3) is 5.69 Å². The van der Waals surface area contributed by atoms with Gasteiger partial charge in [0.1, 0.15) is 0 Å². The smallest absolute Gasteiger partial charge is 0.373 e. The van der Waals surface area contributed by atoms with E-state index >= 15 is 0 Å². The number of hydrogen-bond acceptors (Lipinski definition) is 5. The van der Waals surface area contributed by atoms with E-state index in [1.54, 1.807) is 6.07 Å². The summed E-state index contributed by atoms with van der Waals surface area (Å²) in [5.74, 6) is -0.660. The minimum absolute atomic E-state index is 0.0204. The van der Waals surface area contributed by atoms with Crippen molar-refractivity contribution in [2.45, 2.75) is 0 Å². The molecule has 0 spiro atoms. The fraction of sp³-hybridized carbons (Fsp3) is 0.182. The van der Waals surface area contributed by atoms with Crippen LogP contribution in [0.15, 0.2) is 30.0 Å². The molecule has 0 aliphatic carbocycles. The topological polar surface area (TPSA) is 78.7 Å². The Bertz CT molecular complexity index is 467. The summed E-state index contributed by atoms with van der Waals surface area (Å²) in [6.45, 7) is 0. The molecule has 0 aromatic heterocycles. The monoisotopic (exact) mass is 237 g/mol. The van der Waals surface area contributed by atoms with E-state index in [2.05, 4.69) is 4.74 Å². The SMILES string of the molecule is COC(=O)/C(=C/c1cccc([N+](=O)[O-])c1)OC. The Morgan fingerprint density at radius 2 is 2.06 bits per heavy atom. The van der Waals surface area contributed by atoms with Crippen LogP contribution in [0, 0.1) is 10.1 Å². The number of nitro benzene ring substituents is 1. The van der Waals surface area contributed by atoms with Gasteiger partial charge in [-0.2, -0.15) is 0 Å². The number of rotatable bonds is 4. The fourth-order valence-corrected chi connectivity index (χ4v) is 1.18. The second-order valence-corrected chi connectivity index (χ2v) is 3.06. The molecule has 90 valence electrons. The van der Waals surface area contributed by atoms with Gasteiger partial charge < -0.3 is 9.47 Å². The quantitative estimate of drug-likeness (QED) is 0.262. The van der Waals surface area contributed by atoms with Crippen LogP contribution in [0.25, 0.3) is 6.08 Å². The lowest BCUT2D eigenvalue weighted by Crippen LogP contribution is -2.06. The molecule has 0 N–H and O–H groups in total. The van der Waals surface area contributed by atoms with Gasteiger partial charge in [0.05, 0.1) is 19.1 Å². The lowest BCUT2D eigenvalue weighted by atomic mass is 10.2. The molecule has 17 heavy (non-hydrogen) atoms. The Kier molecular flexibility index (Phi) is 4.21. The first-order valence-electron chi connectivity index (χ1n) is 4.67. The van der Waals surface area contributed by atoms with Crippen molar-refractivity contribution in [3.05, 3.63) is 45.7 Å². The Labute approximate surface area is 97.6 Å². The molecule has 1 aromatic carbocycles. The van der Waals surface area contributed by atoms with Crippen molar-refractivity contribution in [3.8, 4) is 0 Å². The summed E-state index contributed by atoms with van der Waals surface area (Å²) in [5, 5.41) is 10.6. The number of nitrogens with zero attached hydrogens (tertiary/aromatic N) is 1. The van der Waals surface area contributed by atoms with Crippen LogP contribution in [0.1, 0.15) is 5.56 Å². The summed E-state index contributed by atoms with van der Waals surface area (Å²) >= 11 is 0. The van der Waals surface area contributed by atoms with E-state index in [1.807, 2.05) is 0 Å². The van der Waals surface area contributed by atoms with Crippen LogP contribution < -0.4 is 0 Å². The molecular weight excluding hydrogens is 226 g/mol. The van der Waals surface area contributed by atoms with Gasteiger partial charge in [-0.05, 0) is 11.6 Å². The highest BCUT2D eigenvalue weighted by atomic mass is 16.6. The largest absolute Gasteiger partial charge is 0.490 e. The van der Waals surface area contributed by atoms with Gasteiger partial charge in [-0.25, -0.2) is 4.79 Å². The molecule has 0 bridgehead atoms. The molecule has 0 heterocycles. The normalized spacial score (nSPS) is 10.8. The van der Waals surface area contributed by atoms with Crippen LogP contribution in [0.3, 0.4) is 0 Å². The number of non-ortho nitro benzene ring substituents is 1. The van der Waals surface area contributed by atoms with E-state index < -0.39 is 10.9 Å². The summed E-state index contributed by atoms with van der Waals surface area (Å²) in [6, 6.07) is 5.84. The second kappa shape index (κ2) is 5.64. The van der Waals surface area contributed by atoms with E-state index in [0.29, 0.717) is 5.56 Å². The van der Waals surface area contributed by atoms with Crippen molar-refractivity contribution < 1.29 is 19.2 Å². The number of esters is 1. The fourth-order valence-electron chi connectivity index (χ4n) is 1.18. The van der Waals surface area contributed by atoms with Gasteiger partial charge >= 0.3 is 5.97 Å². The molecule has 6 nitrogen and oxygen atoms in total. The Morgan fingerprint density at radius 1 is 1.35 bits per heavy atom. The van der Waals surface area contributed by atoms with Gasteiger partial charge in [-0.15, -0.1) is 0 Å². The lowest BCUT2D eigenvalue weighted by Gasteiger charge is -2.03. The van der Waals surface area contributed by atoms with Gasteiger partial charge in [0, 0.05) is 12.1 Å². The first kappa shape index (κ1) is 12.7. The third-order valence-electron chi connectivity index (χ3n) is 1.99. The minimum atomic E-state index is -0.640. The van der Waals surface area contributed by atoms with Crippen molar-refractivity contribution in [1.82, 2.24) is 0 Å². The number of ether oxygens (including phenoxy) is 2. The van der Waals surface area contributed by atoms with Crippen molar-refractivity contribution in [2.75, 3.05) is 14.2 Å². The molecule has 0 radical (unpaired) electrons. The summed E-state index contributed by atoms with van der Waals surface area (Å²) in [5.41, 5.74) is 0.431. The van der Waals surface area contributed by atoms with Crippen LogP contribution in [0.2, 0.25) is 0 Å². The number of carbonyl (C=O) groups is 1. The van der Waals surface area contributed by atoms with Crippen LogP contribution >= 0.6 is 0 Å². The second-order valence-electron chi connectivity index (χ2n) is 3.06. The van der Waals surface area contributed by atoms with E-state index in [1.165, 1.54) is 38.5 Å². The number of hydrogen-bond donors (Lipinski definition) is 0. The number of methoxy groups -OCH3 is 2. The van der Waals surface area contributed by atoms with E-state index in [-0.39, 0.29) is 11.4 Å². The minimum Gasteiger partial charge on any atom is -0.490 e. The Hall–Kier alpha value is -2.37. The van der Waals surface area contributed by atoms with Gasteiger partial charge in [-0.3, -0.25) is 10.1 Å². The maximum Gasteiger partial charge on any atom is 0.373 e. The zero-order chi connectivity index (χ0) is 12.8. The average molecular weight is 237 g/mol. The molecule has 0 fully saturated rings. The summed E-state index contributed by atoms with van der Waals surface area (Å²) in [4.78, 5) is 21.3. The lowest BCUT2D eigenvalue weighted by molar-refractivity contribution is -0.384. The number of benzene rings is 1. The average Bonchev–Trinajstić information content (AvgIpc) is 2.35. The van der Waals surface area contributed by atoms with Crippen molar-refractivity contribution >= 4 is 17.7 Å². The highest BCUT2D eigenvalue weighted by Crippen LogP contribution is 2.16. The third-order valence-corrected chi connectivity index (χ3v) is 1.99. The molecule has 0 aliphatic heterocycles. The van der Waals surface area contributed by atoms with Gasteiger partial charge in [0.2, 0.25) is 5.76 Å². The summed E-state index contributed by atoms with van der Waals surface area (Å²) in [6.07, 6.45) is 1.37. The van der Waals surface area contributed by atoms with Crippen LogP contribution in [0.5, 0.6) is 0 Å². The van der Waals surface area contributed by atoms with Crippen LogP contribution in [-0.2, 0) is 14.3 Å². The Morgan fingerprint density at radius 3 is 2.59 bits per heavy atom. The van der Waals surface area contributed by atoms with Crippen molar-refractivity contribution in [2.24, 2.45) is 0 Å². The van der Waals surface area contributed by atoms with E-state index in [9.17, 15) is 14.9 Å². The maximum atomic E-state index is 11.2. The van der Waals surface area contributed by atoms with Crippen molar-refractivity contribution in [3.63, 3.8) is 0 Å². The third kappa shape index (κ3) is 3.30. The summed E-state index contributed by atoms with van der Waals surface area (Å²) < 4.78 is 9.31. The maximum absolute atomic E-state index is 11.2. The van der Waals surface area contributed by atoms with E-state index in [4.69, 9.17) is 4.74 Å². The van der Waals surface area contributed by atoms with Crippen LogP contribution in [0.4, 0.5) is 5.69 Å². The molecule has 0 atom stereocenters. The van der Waals surface area contributed by atoms with E-state index in [0.717, 1.165) is 0 Å². The molecule has 1 aromatic rings. The highest BCUT2D eigenvalue weighted by Gasteiger charge is 2.11. The molecule has 6 heteroatoms. The molecule has 1 rings (SSSR count). The number of carbonyl (C=O) groups excluding carboxylic acids is 1. The standard InChI is InChI=1S/C11H11NO5/c1-16-10(11(13)17-2)7-8-4-3-5-9(6-8)12(14)15/h3-7H,1-2H3/b10-7-. The molecule has 0 amide bonds.